The zero-order valence-corrected chi connectivity index (χ0v) is 23.5. The van der Waals surface area contributed by atoms with Crippen LogP contribution in [0.4, 0.5) is 0 Å². The highest BCUT2D eigenvalue weighted by molar-refractivity contribution is 5.95. The summed E-state index contributed by atoms with van der Waals surface area (Å²) in [6.07, 6.45) is 0.0459. The minimum atomic E-state index is -1.69. The van der Waals surface area contributed by atoms with E-state index in [0.29, 0.717) is 5.56 Å². The molecule has 0 aliphatic heterocycles. The molecular formula is C29H34N6O9. The average molecular weight is 611 g/mol. The molecule has 0 saturated heterocycles. The van der Waals surface area contributed by atoms with Crippen LogP contribution in [0.15, 0.2) is 54.7 Å². The summed E-state index contributed by atoms with van der Waals surface area (Å²) >= 11 is 0. The van der Waals surface area contributed by atoms with E-state index in [-0.39, 0.29) is 25.0 Å². The normalized spacial score (nSPS) is 13.7. The third-order valence-electron chi connectivity index (χ3n) is 6.76. The van der Waals surface area contributed by atoms with Crippen LogP contribution in [0, 0.1) is 0 Å². The smallest absolute Gasteiger partial charge is 0.326 e. The fourth-order valence-electron chi connectivity index (χ4n) is 4.47. The number of hydrogen-bond donors (Lipinski definition) is 9. The van der Waals surface area contributed by atoms with Crippen molar-refractivity contribution in [3.63, 3.8) is 0 Å². The van der Waals surface area contributed by atoms with E-state index < -0.39 is 72.6 Å². The van der Waals surface area contributed by atoms with Gasteiger partial charge in [0.1, 0.15) is 23.9 Å². The molecule has 4 unspecified atom stereocenters. The van der Waals surface area contributed by atoms with Gasteiger partial charge < -0.3 is 47.7 Å². The number of aromatic nitrogens is 1. The van der Waals surface area contributed by atoms with E-state index in [1.165, 1.54) is 24.3 Å². The number of hydrogen-bond acceptors (Lipinski definition) is 8. The number of phenolic OH excluding ortho intramolecular Hbond substituents is 1. The molecular weight excluding hydrogens is 576 g/mol. The van der Waals surface area contributed by atoms with Crippen LogP contribution in [-0.2, 0) is 41.6 Å². The Morgan fingerprint density at radius 2 is 1.41 bits per heavy atom. The molecule has 15 heteroatoms. The third kappa shape index (κ3) is 9.55. The Kier molecular flexibility index (Phi) is 11.4. The number of para-hydroxylation sites is 1. The van der Waals surface area contributed by atoms with Gasteiger partial charge >= 0.3 is 11.9 Å². The number of fused-ring (bicyclic) bond motifs is 1. The minimum absolute atomic E-state index is 0.0633. The number of aliphatic carboxylic acids is 2. The molecule has 2 aromatic carbocycles. The number of H-pyrrole nitrogens is 1. The van der Waals surface area contributed by atoms with Gasteiger partial charge in [-0.3, -0.25) is 24.0 Å². The van der Waals surface area contributed by atoms with Crippen molar-refractivity contribution in [3.8, 4) is 5.75 Å². The second-order valence-corrected chi connectivity index (χ2v) is 10.2. The Balaban J connectivity index is 1.79. The molecule has 0 bridgehead atoms. The standard InChI is InChI=1S/C29H34N6O9/c30-19(12-16-14-32-20-4-2-1-3-18(16)20)26(40)33-21(9-10-25(38)39)27(41)34-22(11-15-5-7-17(36)8-6-15)28(42)35-23(29(43)44)13-24(31)37/h1-8,14,19,21-23,32,36H,9-13,30H2,(H2,31,37)(H,33,40)(H,34,41)(H,35,42)(H,38,39)(H,43,44). The van der Waals surface area contributed by atoms with E-state index in [0.717, 1.165) is 16.5 Å². The lowest BCUT2D eigenvalue weighted by molar-refractivity contribution is -0.143. The van der Waals surface area contributed by atoms with E-state index >= 15 is 0 Å². The predicted molar refractivity (Wildman–Crippen MR) is 156 cm³/mol. The first-order valence-electron chi connectivity index (χ1n) is 13.6. The molecule has 11 N–H and O–H groups in total. The number of carbonyl (C=O) groups is 6. The van der Waals surface area contributed by atoms with Gasteiger partial charge in [-0.05, 0) is 42.2 Å². The summed E-state index contributed by atoms with van der Waals surface area (Å²) in [6.45, 7) is 0. The summed E-state index contributed by atoms with van der Waals surface area (Å²) in [6, 6.07) is 7.31. The van der Waals surface area contributed by atoms with Gasteiger partial charge in [-0.15, -0.1) is 0 Å². The van der Waals surface area contributed by atoms with E-state index in [9.17, 15) is 44.1 Å². The Bertz CT molecular complexity index is 1520. The number of aromatic amines is 1. The molecule has 0 aliphatic rings. The number of benzene rings is 2. The van der Waals surface area contributed by atoms with Gasteiger partial charge in [0.25, 0.3) is 0 Å². The van der Waals surface area contributed by atoms with E-state index in [1.54, 1.807) is 6.20 Å². The highest BCUT2D eigenvalue weighted by Crippen LogP contribution is 2.19. The maximum Gasteiger partial charge on any atom is 0.326 e. The number of rotatable bonds is 16. The summed E-state index contributed by atoms with van der Waals surface area (Å²) in [5.74, 6) is -6.49. The molecule has 15 nitrogen and oxygen atoms in total. The minimum Gasteiger partial charge on any atom is -0.508 e. The fraction of sp³-hybridized carbons (Fsp3) is 0.310. The van der Waals surface area contributed by atoms with Gasteiger partial charge in [-0.25, -0.2) is 4.79 Å². The molecule has 1 heterocycles. The molecule has 0 radical (unpaired) electrons. The van der Waals surface area contributed by atoms with Crippen molar-refractivity contribution in [1.29, 1.82) is 0 Å². The van der Waals surface area contributed by atoms with Crippen LogP contribution in [0.3, 0.4) is 0 Å². The lowest BCUT2D eigenvalue weighted by Crippen LogP contribution is -2.58. The molecule has 0 aliphatic carbocycles. The zero-order chi connectivity index (χ0) is 32.4. The van der Waals surface area contributed by atoms with Crippen molar-refractivity contribution in [2.24, 2.45) is 11.5 Å². The number of carboxylic acid groups (broad SMARTS) is 2. The lowest BCUT2D eigenvalue weighted by atomic mass is 10.0. The fourth-order valence-corrected chi connectivity index (χ4v) is 4.47. The highest BCUT2D eigenvalue weighted by atomic mass is 16.4. The molecule has 0 saturated carbocycles. The molecule has 1 aromatic heterocycles. The number of primary amides is 1. The number of phenols is 1. The quantitative estimate of drug-likeness (QED) is 0.0980. The van der Waals surface area contributed by atoms with E-state index in [4.69, 9.17) is 11.5 Å². The number of nitrogens with two attached hydrogens (primary N) is 2. The topological polar surface area (TPSA) is 267 Å². The van der Waals surface area contributed by atoms with Crippen molar-refractivity contribution in [2.75, 3.05) is 0 Å². The maximum atomic E-state index is 13.4. The van der Waals surface area contributed by atoms with Crippen LogP contribution in [0.2, 0.25) is 0 Å². The van der Waals surface area contributed by atoms with Crippen molar-refractivity contribution < 1.29 is 44.1 Å². The maximum absolute atomic E-state index is 13.4. The monoisotopic (exact) mass is 610 g/mol. The van der Waals surface area contributed by atoms with Crippen molar-refractivity contribution in [1.82, 2.24) is 20.9 Å². The molecule has 3 aromatic rings. The molecule has 4 atom stereocenters. The Morgan fingerprint density at radius 3 is 2.05 bits per heavy atom. The van der Waals surface area contributed by atoms with Crippen molar-refractivity contribution >= 4 is 46.5 Å². The summed E-state index contributed by atoms with van der Waals surface area (Å²) in [7, 11) is 0. The Labute approximate surface area is 251 Å². The van der Waals surface area contributed by atoms with Gasteiger partial charge in [-0.1, -0.05) is 30.3 Å². The van der Waals surface area contributed by atoms with Crippen LogP contribution in [0.25, 0.3) is 10.9 Å². The van der Waals surface area contributed by atoms with Gasteiger partial charge in [-0.2, -0.15) is 0 Å². The van der Waals surface area contributed by atoms with Gasteiger partial charge in [0, 0.05) is 29.9 Å². The second kappa shape index (κ2) is 15.2. The van der Waals surface area contributed by atoms with Crippen LogP contribution < -0.4 is 27.4 Å². The molecule has 0 spiro atoms. The molecule has 44 heavy (non-hydrogen) atoms. The first-order valence-corrected chi connectivity index (χ1v) is 13.6. The van der Waals surface area contributed by atoms with Gasteiger partial charge in [0.05, 0.1) is 12.5 Å². The van der Waals surface area contributed by atoms with Crippen molar-refractivity contribution in [2.45, 2.75) is 56.3 Å². The number of aromatic hydroxyl groups is 1. The molecule has 234 valence electrons. The summed E-state index contributed by atoms with van der Waals surface area (Å²) in [4.78, 5) is 76.9. The Hall–Kier alpha value is -5.44. The highest BCUT2D eigenvalue weighted by Gasteiger charge is 2.31. The largest absolute Gasteiger partial charge is 0.508 e. The molecule has 4 amide bonds. The zero-order valence-electron chi connectivity index (χ0n) is 23.5. The average Bonchev–Trinajstić information content (AvgIpc) is 3.37. The van der Waals surface area contributed by atoms with Gasteiger partial charge in [0.2, 0.25) is 23.6 Å². The van der Waals surface area contributed by atoms with E-state index in [1.807, 2.05) is 24.3 Å². The van der Waals surface area contributed by atoms with Crippen LogP contribution in [-0.4, -0.2) is 80.0 Å². The van der Waals surface area contributed by atoms with Crippen LogP contribution in [0.1, 0.15) is 30.4 Å². The SMILES string of the molecule is NC(=O)CC(NC(=O)C(Cc1ccc(O)cc1)NC(=O)C(CCC(=O)O)NC(=O)C(N)Cc1c[nH]c2ccccc12)C(=O)O. The predicted octanol–water partition coefficient (Wildman–Crippen LogP) is -0.735. The first kappa shape index (κ1) is 33.1. The summed E-state index contributed by atoms with van der Waals surface area (Å²) in [5.41, 5.74) is 13.3. The van der Waals surface area contributed by atoms with E-state index in [2.05, 4.69) is 20.9 Å². The van der Waals surface area contributed by atoms with Crippen LogP contribution in [0.5, 0.6) is 5.75 Å². The summed E-state index contributed by atoms with van der Waals surface area (Å²) in [5, 5.41) is 36.1. The summed E-state index contributed by atoms with van der Waals surface area (Å²) < 4.78 is 0. The van der Waals surface area contributed by atoms with Crippen LogP contribution >= 0.6 is 0 Å². The number of nitrogens with one attached hydrogen (secondary N) is 4. The number of amides is 4. The Morgan fingerprint density at radius 1 is 0.795 bits per heavy atom. The van der Waals surface area contributed by atoms with Gasteiger partial charge in [0.15, 0.2) is 0 Å². The number of carbonyl (C=O) groups excluding carboxylic acids is 4. The van der Waals surface area contributed by atoms with Crippen molar-refractivity contribution in [3.05, 3.63) is 65.9 Å². The number of carboxylic acids is 2. The lowest BCUT2D eigenvalue weighted by Gasteiger charge is -2.25. The third-order valence-corrected chi connectivity index (χ3v) is 6.76. The first-order chi connectivity index (χ1) is 20.8. The molecule has 3 rings (SSSR count). The second-order valence-electron chi connectivity index (χ2n) is 10.2. The molecule has 0 fully saturated rings.